The number of rotatable bonds is 5. The van der Waals surface area contributed by atoms with Crippen molar-refractivity contribution in [1.29, 1.82) is 0 Å². The molecule has 1 aromatic carbocycles. The number of nitrogens with one attached hydrogen (secondary N) is 1. The maximum absolute atomic E-state index is 11.3. The lowest BCUT2D eigenvalue weighted by Crippen LogP contribution is -2.39. The third-order valence-corrected chi connectivity index (χ3v) is 3.40. The quantitative estimate of drug-likeness (QED) is 0.849. The van der Waals surface area contributed by atoms with E-state index in [4.69, 9.17) is 0 Å². The van der Waals surface area contributed by atoms with E-state index in [1.165, 1.54) is 0 Å². The lowest BCUT2D eigenvalue weighted by Gasteiger charge is -2.22. The molecular formula is C14H18N2O2. The fourth-order valence-corrected chi connectivity index (χ4v) is 2.16. The van der Waals surface area contributed by atoms with Crippen LogP contribution < -0.4 is 0 Å². The SMILES string of the molecule is CCN(C)C(Cc1c[nH]c2ccccc12)C(=O)O. The van der Waals surface area contributed by atoms with Crippen LogP contribution in [0.25, 0.3) is 10.9 Å². The third-order valence-electron chi connectivity index (χ3n) is 3.40. The minimum absolute atomic E-state index is 0.478. The molecule has 0 saturated heterocycles. The molecule has 18 heavy (non-hydrogen) atoms. The van der Waals surface area contributed by atoms with Crippen molar-refractivity contribution in [2.24, 2.45) is 0 Å². The van der Waals surface area contributed by atoms with Crippen LogP contribution in [0.4, 0.5) is 0 Å². The number of aliphatic carboxylic acids is 1. The zero-order valence-corrected chi connectivity index (χ0v) is 10.7. The molecule has 0 aliphatic rings. The Hall–Kier alpha value is -1.81. The molecule has 1 heterocycles. The van der Waals surface area contributed by atoms with Crippen LogP contribution in [0.15, 0.2) is 30.5 Å². The van der Waals surface area contributed by atoms with Gasteiger partial charge in [0.15, 0.2) is 0 Å². The van der Waals surface area contributed by atoms with E-state index in [1.54, 1.807) is 0 Å². The van der Waals surface area contributed by atoms with Gasteiger partial charge in [-0.15, -0.1) is 0 Å². The average molecular weight is 246 g/mol. The lowest BCUT2D eigenvalue weighted by molar-refractivity contribution is -0.142. The minimum atomic E-state index is -0.773. The van der Waals surface area contributed by atoms with Crippen LogP contribution in [0, 0.1) is 0 Å². The lowest BCUT2D eigenvalue weighted by atomic mass is 10.0. The Labute approximate surface area is 106 Å². The fourth-order valence-electron chi connectivity index (χ4n) is 2.16. The number of H-pyrrole nitrogens is 1. The molecule has 2 aromatic rings. The van der Waals surface area contributed by atoms with E-state index in [0.29, 0.717) is 6.42 Å². The van der Waals surface area contributed by atoms with Gasteiger partial charge in [-0.1, -0.05) is 25.1 Å². The normalized spacial score (nSPS) is 13.1. The predicted octanol–water partition coefficient (Wildman–Crippen LogP) is 2.12. The van der Waals surface area contributed by atoms with Crippen LogP contribution in [0.1, 0.15) is 12.5 Å². The number of nitrogens with zero attached hydrogens (tertiary/aromatic N) is 1. The van der Waals surface area contributed by atoms with Crippen LogP contribution >= 0.6 is 0 Å². The van der Waals surface area contributed by atoms with Crippen molar-refractivity contribution in [3.05, 3.63) is 36.0 Å². The van der Waals surface area contributed by atoms with Gasteiger partial charge in [0.25, 0.3) is 0 Å². The predicted molar refractivity (Wildman–Crippen MR) is 71.7 cm³/mol. The molecule has 1 atom stereocenters. The van der Waals surface area contributed by atoms with Crippen molar-refractivity contribution in [3.63, 3.8) is 0 Å². The Kier molecular flexibility index (Phi) is 3.67. The molecule has 0 aliphatic heterocycles. The second-order valence-corrected chi connectivity index (χ2v) is 4.49. The number of carbonyl (C=O) groups is 1. The second-order valence-electron chi connectivity index (χ2n) is 4.49. The molecular weight excluding hydrogens is 228 g/mol. The summed E-state index contributed by atoms with van der Waals surface area (Å²) in [5.74, 6) is -0.773. The number of carboxylic acid groups (broad SMARTS) is 1. The van der Waals surface area contributed by atoms with E-state index < -0.39 is 12.0 Å². The molecule has 4 heteroatoms. The van der Waals surface area contributed by atoms with Crippen LogP contribution in [-0.2, 0) is 11.2 Å². The molecule has 96 valence electrons. The highest BCUT2D eigenvalue weighted by Crippen LogP contribution is 2.20. The van der Waals surface area contributed by atoms with E-state index in [0.717, 1.165) is 23.0 Å². The first kappa shape index (κ1) is 12.6. The van der Waals surface area contributed by atoms with Crippen LogP contribution in [0.3, 0.4) is 0 Å². The van der Waals surface area contributed by atoms with Gasteiger partial charge in [0, 0.05) is 23.5 Å². The van der Waals surface area contributed by atoms with Crippen molar-refractivity contribution < 1.29 is 9.90 Å². The first-order valence-corrected chi connectivity index (χ1v) is 6.11. The van der Waals surface area contributed by atoms with Gasteiger partial charge in [0.05, 0.1) is 0 Å². The number of benzene rings is 1. The van der Waals surface area contributed by atoms with Crippen LogP contribution in [0.5, 0.6) is 0 Å². The molecule has 2 rings (SSSR count). The topological polar surface area (TPSA) is 56.3 Å². The first-order valence-electron chi connectivity index (χ1n) is 6.11. The molecule has 1 unspecified atom stereocenters. The highest BCUT2D eigenvalue weighted by atomic mass is 16.4. The number of para-hydroxylation sites is 1. The van der Waals surface area contributed by atoms with Crippen molar-refractivity contribution >= 4 is 16.9 Å². The Balaban J connectivity index is 2.29. The minimum Gasteiger partial charge on any atom is -0.480 e. The smallest absolute Gasteiger partial charge is 0.321 e. The van der Waals surface area contributed by atoms with Crippen molar-refractivity contribution in [2.45, 2.75) is 19.4 Å². The zero-order valence-electron chi connectivity index (χ0n) is 10.7. The van der Waals surface area contributed by atoms with E-state index in [1.807, 2.05) is 49.3 Å². The molecule has 0 bridgehead atoms. The maximum atomic E-state index is 11.3. The summed E-state index contributed by atoms with van der Waals surface area (Å²) in [6.07, 6.45) is 2.42. The monoisotopic (exact) mass is 246 g/mol. The van der Waals surface area contributed by atoms with Crippen molar-refractivity contribution in [3.8, 4) is 0 Å². The molecule has 0 aliphatic carbocycles. The number of hydrogen-bond acceptors (Lipinski definition) is 2. The number of carboxylic acids is 1. The van der Waals surface area contributed by atoms with Gasteiger partial charge < -0.3 is 10.1 Å². The van der Waals surface area contributed by atoms with E-state index >= 15 is 0 Å². The van der Waals surface area contributed by atoms with Crippen molar-refractivity contribution in [1.82, 2.24) is 9.88 Å². The Morgan fingerprint density at radius 1 is 1.44 bits per heavy atom. The van der Waals surface area contributed by atoms with Gasteiger partial charge in [0.2, 0.25) is 0 Å². The summed E-state index contributed by atoms with van der Waals surface area (Å²) >= 11 is 0. The van der Waals surface area contributed by atoms with E-state index in [9.17, 15) is 9.90 Å². The molecule has 2 N–H and O–H groups in total. The number of aromatic amines is 1. The van der Waals surface area contributed by atoms with Crippen LogP contribution in [-0.4, -0.2) is 40.6 Å². The number of fused-ring (bicyclic) bond motifs is 1. The standard InChI is InChI=1S/C14H18N2O2/c1-3-16(2)13(14(17)18)8-10-9-15-12-7-5-4-6-11(10)12/h4-7,9,13,15H,3,8H2,1-2H3,(H,17,18). The molecule has 0 fully saturated rings. The summed E-state index contributed by atoms with van der Waals surface area (Å²) in [6, 6.07) is 7.48. The van der Waals surface area contributed by atoms with Gasteiger partial charge in [-0.3, -0.25) is 9.69 Å². The van der Waals surface area contributed by atoms with E-state index in [2.05, 4.69) is 4.98 Å². The van der Waals surface area contributed by atoms with Gasteiger partial charge in [-0.05, 0) is 25.2 Å². The molecule has 0 saturated carbocycles. The molecule has 0 amide bonds. The van der Waals surface area contributed by atoms with E-state index in [-0.39, 0.29) is 0 Å². The Morgan fingerprint density at radius 3 is 2.83 bits per heavy atom. The maximum Gasteiger partial charge on any atom is 0.321 e. The zero-order chi connectivity index (χ0) is 13.1. The summed E-state index contributed by atoms with van der Waals surface area (Å²) < 4.78 is 0. The molecule has 4 nitrogen and oxygen atoms in total. The number of likely N-dealkylation sites (N-methyl/N-ethyl adjacent to an activating group) is 1. The second kappa shape index (κ2) is 5.23. The van der Waals surface area contributed by atoms with Crippen molar-refractivity contribution in [2.75, 3.05) is 13.6 Å². The molecule has 0 spiro atoms. The van der Waals surface area contributed by atoms with Gasteiger partial charge >= 0.3 is 5.97 Å². The molecule has 1 aromatic heterocycles. The van der Waals surface area contributed by atoms with Gasteiger partial charge in [-0.2, -0.15) is 0 Å². The Bertz CT molecular complexity index is 547. The average Bonchev–Trinajstić information content (AvgIpc) is 2.78. The summed E-state index contributed by atoms with van der Waals surface area (Å²) in [5.41, 5.74) is 2.11. The summed E-state index contributed by atoms with van der Waals surface area (Å²) in [4.78, 5) is 16.3. The summed E-state index contributed by atoms with van der Waals surface area (Å²) in [6.45, 7) is 2.69. The first-order chi connectivity index (χ1) is 8.63. The fraction of sp³-hybridized carbons (Fsp3) is 0.357. The van der Waals surface area contributed by atoms with Crippen LogP contribution in [0.2, 0.25) is 0 Å². The van der Waals surface area contributed by atoms with Gasteiger partial charge in [0.1, 0.15) is 6.04 Å². The largest absolute Gasteiger partial charge is 0.480 e. The highest BCUT2D eigenvalue weighted by Gasteiger charge is 2.22. The highest BCUT2D eigenvalue weighted by molar-refractivity contribution is 5.84. The number of aromatic nitrogens is 1. The Morgan fingerprint density at radius 2 is 2.17 bits per heavy atom. The third kappa shape index (κ3) is 2.38. The summed E-state index contributed by atoms with van der Waals surface area (Å²) in [5, 5.41) is 10.4. The summed E-state index contributed by atoms with van der Waals surface area (Å²) in [7, 11) is 1.84. The van der Waals surface area contributed by atoms with Gasteiger partial charge in [-0.25, -0.2) is 0 Å². The number of hydrogen-bond donors (Lipinski definition) is 2. The molecule has 0 radical (unpaired) electrons.